The van der Waals surface area contributed by atoms with Crippen LogP contribution in [0.5, 0.6) is 0 Å². The number of carbonyl (C=O) groups excluding carboxylic acids is 5. The lowest BCUT2D eigenvalue weighted by Gasteiger charge is -2.43. The van der Waals surface area contributed by atoms with Crippen LogP contribution in [0.25, 0.3) is 0 Å². The normalized spacial score (nSPS) is 33.1. The van der Waals surface area contributed by atoms with Crippen molar-refractivity contribution >= 4 is 29.7 Å². The SMILES string of the molecule is C=C1[C@H](O)[C@H]2[C@@H](OC(=O)c3ccccc3)[C@](C)(O)C[C@]2(O)[C@H](OC(C)=O)[C@@H](C)/C=C/C(C)(C)C(=O)[C@H](OC(C)=O)[C@H]1OC(=O)c1ccccc1. The summed E-state index contributed by atoms with van der Waals surface area (Å²) in [5.74, 6) is -6.87. The van der Waals surface area contributed by atoms with Crippen LogP contribution in [0.3, 0.4) is 0 Å². The Morgan fingerprint density at radius 2 is 1.26 bits per heavy atom. The minimum absolute atomic E-state index is 0.0628. The molecule has 12 nitrogen and oxygen atoms in total. The van der Waals surface area contributed by atoms with Crippen molar-refractivity contribution in [3.63, 3.8) is 0 Å². The molecule has 0 amide bonds. The lowest BCUT2D eigenvalue weighted by atomic mass is 9.72. The molecule has 9 atom stereocenters. The van der Waals surface area contributed by atoms with E-state index in [9.17, 15) is 39.3 Å². The highest BCUT2D eigenvalue weighted by Crippen LogP contribution is 2.52. The van der Waals surface area contributed by atoms with Crippen LogP contribution in [-0.4, -0.2) is 86.7 Å². The summed E-state index contributed by atoms with van der Waals surface area (Å²) < 4.78 is 22.8. The fourth-order valence-corrected chi connectivity index (χ4v) is 6.83. The Labute approximate surface area is 290 Å². The van der Waals surface area contributed by atoms with E-state index in [0.29, 0.717) is 0 Å². The number of hydrogen-bond donors (Lipinski definition) is 3. The predicted molar refractivity (Wildman–Crippen MR) is 178 cm³/mol. The van der Waals surface area contributed by atoms with Crippen molar-refractivity contribution in [2.24, 2.45) is 17.3 Å². The lowest BCUT2D eigenvalue weighted by Crippen LogP contribution is -2.58. The average molecular weight is 693 g/mol. The van der Waals surface area contributed by atoms with Crippen LogP contribution >= 0.6 is 0 Å². The van der Waals surface area contributed by atoms with Crippen LogP contribution in [0, 0.1) is 17.3 Å². The summed E-state index contributed by atoms with van der Waals surface area (Å²) in [6.07, 6.45) is -6.49. The topological polar surface area (TPSA) is 183 Å². The van der Waals surface area contributed by atoms with Gasteiger partial charge in [0.1, 0.15) is 23.4 Å². The summed E-state index contributed by atoms with van der Waals surface area (Å²) in [4.78, 5) is 66.1. The van der Waals surface area contributed by atoms with Gasteiger partial charge >= 0.3 is 23.9 Å². The van der Waals surface area contributed by atoms with E-state index in [1.165, 1.54) is 57.2 Å². The van der Waals surface area contributed by atoms with Crippen molar-refractivity contribution in [1.82, 2.24) is 0 Å². The first-order chi connectivity index (χ1) is 23.3. The third-order valence-corrected chi connectivity index (χ3v) is 9.27. The number of allylic oxidation sites excluding steroid dienone is 1. The smallest absolute Gasteiger partial charge is 0.338 e. The summed E-state index contributed by atoms with van der Waals surface area (Å²) in [6, 6.07) is 15.5. The summed E-state index contributed by atoms with van der Waals surface area (Å²) in [6.45, 7) is 12.1. The number of esters is 4. The number of aliphatic hydroxyl groups is 3. The molecule has 0 heterocycles. The number of benzene rings is 2. The van der Waals surface area contributed by atoms with Crippen LogP contribution < -0.4 is 0 Å². The van der Waals surface area contributed by atoms with Crippen molar-refractivity contribution in [2.45, 2.75) is 89.7 Å². The highest BCUT2D eigenvalue weighted by Gasteiger charge is 2.67. The Morgan fingerprint density at radius 3 is 1.76 bits per heavy atom. The molecular formula is C38H44O12. The zero-order chi connectivity index (χ0) is 37.2. The molecule has 268 valence electrons. The molecule has 2 aromatic rings. The highest BCUT2D eigenvalue weighted by molar-refractivity contribution is 5.94. The molecule has 3 N–H and O–H groups in total. The van der Waals surface area contributed by atoms with E-state index in [4.69, 9.17) is 18.9 Å². The number of rotatable bonds is 6. The van der Waals surface area contributed by atoms with Gasteiger partial charge in [0.05, 0.1) is 23.1 Å². The molecule has 12 heteroatoms. The number of fused-ring (bicyclic) bond motifs is 1. The predicted octanol–water partition coefficient (Wildman–Crippen LogP) is 3.52. The van der Waals surface area contributed by atoms with Crippen molar-refractivity contribution in [1.29, 1.82) is 0 Å². The number of hydrogen-bond acceptors (Lipinski definition) is 12. The minimum Gasteiger partial charge on any atom is -0.459 e. The molecule has 1 fully saturated rings. The molecule has 0 unspecified atom stereocenters. The first kappa shape index (κ1) is 38.2. The molecule has 2 aliphatic carbocycles. The van der Waals surface area contributed by atoms with Gasteiger partial charge in [0.15, 0.2) is 11.9 Å². The zero-order valence-corrected chi connectivity index (χ0v) is 28.9. The Kier molecular flexibility index (Phi) is 11.2. The maximum Gasteiger partial charge on any atom is 0.338 e. The van der Waals surface area contributed by atoms with Gasteiger partial charge in [-0.3, -0.25) is 14.4 Å². The molecule has 0 aliphatic heterocycles. The number of aliphatic hydroxyl groups excluding tert-OH is 1. The van der Waals surface area contributed by atoms with Gasteiger partial charge in [0.25, 0.3) is 0 Å². The number of carbonyl (C=O) groups is 5. The highest BCUT2D eigenvalue weighted by atomic mass is 16.6. The lowest BCUT2D eigenvalue weighted by molar-refractivity contribution is -0.185. The van der Waals surface area contributed by atoms with Gasteiger partial charge < -0.3 is 34.3 Å². The van der Waals surface area contributed by atoms with Gasteiger partial charge in [0.2, 0.25) is 6.10 Å². The number of Topliss-reactive ketones (excluding diaryl/α,β-unsaturated/α-hetero) is 1. The fraction of sp³-hybridized carbons (Fsp3) is 0.447. The molecule has 4 rings (SSSR count). The van der Waals surface area contributed by atoms with Gasteiger partial charge in [-0.15, -0.1) is 0 Å². The van der Waals surface area contributed by atoms with Gasteiger partial charge in [0, 0.05) is 31.6 Å². The van der Waals surface area contributed by atoms with Crippen molar-refractivity contribution in [3.05, 3.63) is 96.1 Å². The van der Waals surface area contributed by atoms with E-state index in [2.05, 4.69) is 6.58 Å². The molecule has 0 saturated heterocycles. The van der Waals surface area contributed by atoms with Gasteiger partial charge in [-0.1, -0.05) is 62.1 Å². The van der Waals surface area contributed by atoms with Crippen molar-refractivity contribution < 1.29 is 58.2 Å². The molecule has 1 saturated carbocycles. The molecule has 0 aromatic heterocycles. The minimum atomic E-state index is -2.33. The largest absolute Gasteiger partial charge is 0.459 e. The first-order valence-corrected chi connectivity index (χ1v) is 16.2. The van der Waals surface area contributed by atoms with E-state index >= 15 is 0 Å². The maximum atomic E-state index is 14.2. The van der Waals surface area contributed by atoms with E-state index in [0.717, 1.165) is 13.8 Å². The summed E-state index contributed by atoms with van der Waals surface area (Å²) in [7, 11) is 0. The molecule has 50 heavy (non-hydrogen) atoms. The van der Waals surface area contributed by atoms with Crippen molar-refractivity contribution in [2.75, 3.05) is 0 Å². The third-order valence-electron chi connectivity index (χ3n) is 9.27. The average Bonchev–Trinajstić information content (AvgIpc) is 3.27. The quantitative estimate of drug-likeness (QED) is 0.228. The summed E-state index contributed by atoms with van der Waals surface area (Å²) >= 11 is 0. The first-order valence-electron chi connectivity index (χ1n) is 16.2. The van der Waals surface area contributed by atoms with Gasteiger partial charge in [-0.25, -0.2) is 9.59 Å². The third kappa shape index (κ3) is 7.88. The van der Waals surface area contributed by atoms with Crippen molar-refractivity contribution in [3.8, 4) is 0 Å². The van der Waals surface area contributed by atoms with Crippen LogP contribution in [-0.2, 0) is 33.3 Å². The Morgan fingerprint density at radius 1 is 0.760 bits per heavy atom. The Bertz CT molecular complexity index is 1650. The fourth-order valence-electron chi connectivity index (χ4n) is 6.83. The number of ether oxygens (including phenoxy) is 4. The second-order valence-corrected chi connectivity index (χ2v) is 13.8. The molecule has 2 aliphatic rings. The molecule has 0 bridgehead atoms. The standard InChI is InChI=1S/C38H44O12/c1-21-18-19-36(5,6)31(42)30(47-23(3)39)29(49-34(43)25-14-10-8-11-15-25)22(2)28(41)27-33(50-35(44)26-16-12-9-13-17-26)37(7,45)20-38(27,46)32(21)48-24(4)40/h8-19,21,27-30,32-33,41,45-46H,2,20H2,1,3-7H3/b19-18+/t21-,27-,28-,29-,30+,32+,33+,37+,38+/m0/s1. The molecule has 0 radical (unpaired) electrons. The van der Waals surface area contributed by atoms with Gasteiger partial charge in [-0.05, 0) is 50.6 Å². The van der Waals surface area contributed by atoms with E-state index in [-0.39, 0.29) is 11.1 Å². The van der Waals surface area contributed by atoms with E-state index in [1.54, 1.807) is 43.3 Å². The second-order valence-electron chi connectivity index (χ2n) is 13.8. The molecule has 0 spiro atoms. The van der Waals surface area contributed by atoms with Crippen LogP contribution in [0.15, 0.2) is 85.0 Å². The Hall–Kier alpha value is -4.65. The maximum absolute atomic E-state index is 14.2. The van der Waals surface area contributed by atoms with E-state index < -0.39 is 101 Å². The summed E-state index contributed by atoms with van der Waals surface area (Å²) in [5, 5.41) is 36.8. The van der Waals surface area contributed by atoms with Gasteiger partial charge in [-0.2, -0.15) is 0 Å². The van der Waals surface area contributed by atoms with Crippen LogP contribution in [0.4, 0.5) is 0 Å². The number of ketones is 1. The second kappa shape index (κ2) is 14.7. The zero-order valence-electron chi connectivity index (χ0n) is 28.9. The van der Waals surface area contributed by atoms with Crippen LogP contribution in [0.1, 0.15) is 68.7 Å². The molecular weight excluding hydrogens is 648 g/mol. The van der Waals surface area contributed by atoms with Crippen LogP contribution in [0.2, 0.25) is 0 Å². The molecule has 2 aromatic carbocycles. The Balaban J connectivity index is 1.97. The monoisotopic (exact) mass is 692 g/mol. The summed E-state index contributed by atoms with van der Waals surface area (Å²) in [5.41, 5.74) is -6.06. The van der Waals surface area contributed by atoms with E-state index in [1.807, 2.05) is 0 Å².